The maximum atomic E-state index is 13.0. The molecule has 0 aromatic heterocycles. The molecule has 0 fully saturated rings. The van der Waals surface area contributed by atoms with Gasteiger partial charge in [0.05, 0.1) is 12.0 Å². The van der Waals surface area contributed by atoms with E-state index >= 15 is 0 Å². The van der Waals surface area contributed by atoms with E-state index in [0.717, 1.165) is 6.42 Å². The molecule has 0 aliphatic rings. The Morgan fingerprint density at radius 3 is 2.94 bits per heavy atom. The second kappa shape index (κ2) is 7.44. The maximum Gasteiger partial charge on any atom is 0.220 e. The first-order chi connectivity index (χ1) is 8.67. The maximum absolute atomic E-state index is 13.0. The lowest BCUT2D eigenvalue weighted by atomic mass is 9.95. The number of nitriles is 1. The van der Waals surface area contributed by atoms with Gasteiger partial charge in [-0.1, -0.05) is 19.1 Å². The largest absolute Gasteiger partial charge is 0.356 e. The first kappa shape index (κ1) is 14.2. The summed E-state index contributed by atoms with van der Waals surface area (Å²) in [5.41, 5.74) is 0.626. The van der Waals surface area contributed by atoms with Gasteiger partial charge < -0.3 is 5.32 Å². The second-order valence-corrected chi connectivity index (χ2v) is 4.13. The monoisotopic (exact) mass is 248 g/mol. The molecule has 4 heteroatoms. The molecule has 18 heavy (non-hydrogen) atoms. The van der Waals surface area contributed by atoms with Gasteiger partial charge in [-0.15, -0.1) is 0 Å². The number of nitrogens with one attached hydrogen (secondary N) is 1. The highest BCUT2D eigenvalue weighted by molar-refractivity contribution is 5.75. The van der Waals surface area contributed by atoms with Crippen LogP contribution < -0.4 is 5.32 Å². The third-order valence-electron chi connectivity index (χ3n) is 2.64. The van der Waals surface area contributed by atoms with E-state index in [1.54, 1.807) is 12.1 Å². The van der Waals surface area contributed by atoms with Crippen molar-refractivity contribution in [2.75, 3.05) is 6.54 Å². The summed E-state index contributed by atoms with van der Waals surface area (Å²) in [6.45, 7) is 2.63. The number of halogens is 1. The van der Waals surface area contributed by atoms with E-state index in [1.165, 1.54) is 12.1 Å². The van der Waals surface area contributed by atoms with Crippen LogP contribution in [0.4, 0.5) is 4.39 Å². The van der Waals surface area contributed by atoms with Gasteiger partial charge in [0.15, 0.2) is 0 Å². The van der Waals surface area contributed by atoms with E-state index in [9.17, 15) is 9.18 Å². The zero-order valence-corrected chi connectivity index (χ0v) is 10.4. The van der Waals surface area contributed by atoms with Crippen LogP contribution in [-0.2, 0) is 4.79 Å². The molecule has 1 aromatic rings. The summed E-state index contributed by atoms with van der Waals surface area (Å²) in [7, 11) is 0. The number of hydrogen-bond acceptors (Lipinski definition) is 2. The topological polar surface area (TPSA) is 52.9 Å². The van der Waals surface area contributed by atoms with E-state index in [2.05, 4.69) is 11.4 Å². The molecule has 1 unspecified atom stereocenters. The molecule has 0 heterocycles. The Bertz CT molecular complexity index is 440. The van der Waals surface area contributed by atoms with E-state index in [4.69, 9.17) is 5.26 Å². The molecule has 96 valence electrons. The second-order valence-electron chi connectivity index (χ2n) is 4.13. The minimum Gasteiger partial charge on any atom is -0.356 e. The number of rotatable bonds is 6. The van der Waals surface area contributed by atoms with Crippen LogP contribution in [0, 0.1) is 17.1 Å². The Balaban J connectivity index is 2.53. The molecule has 0 radical (unpaired) electrons. The van der Waals surface area contributed by atoms with E-state index < -0.39 is 5.92 Å². The van der Waals surface area contributed by atoms with Crippen LogP contribution in [0.15, 0.2) is 24.3 Å². The minimum atomic E-state index is -0.437. The van der Waals surface area contributed by atoms with Gasteiger partial charge in [-0.2, -0.15) is 5.26 Å². The highest BCUT2D eigenvalue weighted by atomic mass is 19.1. The standard InChI is InChI=1S/C14H17FN2O/c1-2-8-17-14(18)7-6-12(10-16)11-4-3-5-13(15)9-11/h3-5,9,12H,2,6-8H2,1H3,(H,17,18). The van der Waals surface area contributed by atoms with Crippen LogP contribution >= 0.6 is 0 Å². The van der Waals surface area contributed by atoms with Gasteiger partial charge in [0, 0.05) is 13.0 Å². The zero-order chi connectivity index (χ0) is 13.4. The summed E-state index contributed by atoms with van der Waals surface area (Å²) in [5, 5.41) is 11.8. The average molecular weight is 248 g/mol. The van der Waals surface area contributed by atoms with E-state index in [1.807, 2.05) is 6.92 Å². The van der Waals surface area contributed by atoms with Gasteiger partial charge in [0.25, 0.3) is 0 Å². The lowest BCUT2D eigenvalue weighted by Crippen LogP contribution is -2.24. The Morgan fingerprint density at radius 2 is 2.33 bits per heavy atom. The van der Waals surface area contributed by atoms with Crippen molar-refractivity contribution in [2.24, 2.45) is 0 Å². The summed E-state index contributed by atoms with van der Waals surface area (Å²) >= 11 is 0. The van der Waals surface area contributed by atoms with Crippen LogP contribution in [-0.4, -0.2) is 12.5 Å². The van der Waals surface area contributed by atoms with Gasteiger partial charge in [0.1, 0.15) is 5.82 Å². The van der Waals surface area contributed by atoms with Crippen molar-refractivity contribution >= 4 is 5.91 Å². The van der Waals surface area contributed by atoms with Gasteiger partial charge in [0.2, 0.25) is 5.91 Å². The van der Waals surface area contributed by atoms with Crippen LogP contribution in [0.25, 0.3) is 0 Å². The number of benzene rings is 1. The fourth-order valence-corrected chi connectivity index (χ4v) is 1.66. The van der Waals surface area contributed by atoms with Crippen molar-refractivity contribution in [2.45, 2.75) is 32.1 Å². The van der Waals surface area contributed by atoms with Gasteiger partial charge in [-0.25, -0.2) is 4.39 Å². The van der Waals surface area contributed by atoms with Crippen molar-refractivity contribution in [1.29, 1.82) is 5.26 Å². The smallest absolute Gasteiger partial charge is 0.220 e. The van der Waals surface area contributed by atoms with Crippen molar-refractivity contribution in [1.82, 2.24) is 5.32 Å². The quantitative estimate of drug-likeness (QED) is 0.841. The Kier molecular flexibility index (Phi) is 5.86. The molecule has 0 aliphatic carbocycles. The van der Waals surface area contributed by atoms with Crippen LogP contribution in [0.3, 0.4) is 0 Å². The Morgan fingerprint density at radius 1 is 1.56 bits per heavy atom. The van der Waals surface area contributed by atoms with Gasteiger partial charge in [-0.05, 0) is 30.5 Å². The van der Waals surface area contributed by atoms with E-state index in [-0.39, 0.29) is 18.1 Å². The molecule has 0 aliphatic heterocycles. The molecule has 1 aromatic carbocycles. The summed E-state index contributed by atoms with van der Waals surface area (Å²) in [6, 6.07) is 8.08. The molecule has 1 atom stereocenters. The highest BCUT2D eigenvalue weighted by Gasteiger charge is 2.13. The molecule has 3 nitrogen and oxygen atoms in total. The first-order valence-corrected chi connectivity index (χ1v) is 6.09. The lowest BCUT2D eigenvalue weighted by molar-refractivity contribution is -0.121. The predicted molar refractivity (Wildman–Crippen MR) is 67.3 cm³/mol. The van der Waals surface area contributed by atoms with Crippen molar-refractivity contribution in [3.8, 4) is 6.07 Å². The van der Waals surface area contributed by atoms with Crippen LogP contribution in [0.5, 0.6) is 0 Å². The van der Waals surface area contributed by atoms with Crippen molar-refractivity contribution < 1.29 is 9.18 Å². The predicted octanol–water partition coefficient (Wildman–Crippen LogP) is 2.74. The summed E-state index contributed by atoms with van der Waals surface area (Å²) in [6.07, 6.45) is 1.58. The SMILES string of the molecule is CCCNC(=O)CCC(C#N)c1cccc(F)c1. The van der Waals surface area contributed by atoms with E-state index in [0.29, 0.717) is 18.5 Å². The van der Waals surface area contributed by atoms with Gasteiger partial charge >= 0.3 is 0 Å². The molecule has 1 rings (SSSR count). The summed E-state index contributed by atoms with van der Waals surface area (Å²) < 4.78 is 13.0. The highest BCUT2D eigenvalue weighted by Crippen LogP contribution is 2.21. The summed E-state index contributed by atoms with van der Waals surface area (Å²) in [4.78, 5) is 11.4. The number of nitrogens with zero attached hydrogens (tertiary/aromatic N) is 1. The molecule has 0 saturated carbocycles. The Labute approximate surface area is 107 Å². The molecule has 0 saturated heterocycles. The molecular weight excluding hydrogens is 231 g/mol. The summed E-state index contributed by atoms with van der Waals surface area (Å²) in [5.74, 6) is -0.857. The van der Waals surface area contributed by atoms with Crippen molar-refractivity contribution in [3.63, 3.8) is 0 Å². The van der Waals surface area contributed by atoms with Crippen LogP contribution in [0.1, 0.15) is 37.7 Å². The number of carbonyl (C=O) groups is 1. The lowest BCUT2D eigenvalue weighted by Gasteiger charge is -2.09. The molecule has 0 spiro atoms. The normalized spacial score (nSPS) is 11.6. The number of amides is 1. The average Bonchev–Trinajstić information content (AvgIpc) is 2.37. The molecule has 1 amide bonds. The molecular formula is C14H17FN2O. The fraction of sp³-hybridized carbons (Fsp3) is 0.429. The fourth-order valence-electron chi connectivity index (χ4n) is 1.66. The Hall–Kier alpha value is -1.89. The first-order valence-electron chi connectivity index (χ1n) is 6.09. The minimum absolute atomic E-state index is 0.0616. The van der Waals surface area contributed by atoms with Gasteiger partial charge in [-0.3, -0.25) is 4.79 Å². The molecule has 0 bridgehead atoms. The van der Waals surface area contributed by atoms with Crippen LogP contribution in [0.2, 0.25) is 0 Å². The number of carbonyl (C=O) groups excluding carboxylic acids is 1. The van der Waals surface area contributed by atoms with Crippen molar-refractivity contribution in [3.05, 3.63) is 35.6 Å². The molecule has 1 N–H and O–H groups in total. The zero-order valence-electron chi connectivity index (χ0n) is 10.4. The number of hydrogen-bond donors (Lipinski definition) is 1. The third-order valence-corrected chi connectivity index (χ3v) is 2.64. The third kappa shape index (κ3) is 4.54.